The van der Waals surface area contributed by atoms with Crippen LogP contribution in [0.5, 0.6) is 11.6 Å². The number of amides is 1. The predicted octanol–water partition coefficient (Wildman–Crippen LogP) is 4.96. The molecule has 142 valence electrons. The first-order valence-electron chi connectivity index (χ1n) is 9.18. The van der Waals surface area contributed by atoms with Gasteiger partial charge in [0.25, 0.3) is 5.91 Å². The first kappa shape index (κ1) is 18.5. The standard InChI is InChI=1S/C22H20BrN3O2/c23-17-7-9-20(10-8-17)28-21-11-6-16(14-24-21)22(27)26-13-12-19(15-26)25-18-4-2-1-3-5-18/h1-11,14,19,25H,12-13,15H2. The lowest BCUT2D eigenvalue weighted by Crippen LogP contribution is -2.31. The van der Waals surface area contributed by atoms with Crippen molar-refractivity contribution >= 4 is 27.5 Å². The molecule has 5 nitrogen and oxygen atoms in total. The number of carbonyl (C=O) groups excluding carboxylic acids is 1. The molecule has 2 heterocycles. The fraction of sp³-hybridized carbons (Fsp3) is 0.182. The van der Waals surface area contributed by atoms with Crippen LogP contribution in [0.2, 0.25) is 0 Å². The van der Waals surface area contributed by atoms with Gasteiger partial charge in [-0.3, -0.25) is 4.79 Å². The van der Waals surface area contributed by atoms with E-state index in [0.29, 0.717) is 23.7 Å². The number of halogens is 1. The average Bonchev–Trinajstić information content (AvgIpc) is 3.19. The number of carbonyl (C=O) groups is 1. The van der Waals surface area contributed by atoms with Gasteiger partial charge in [-0.2, -0.15) is 0 Å². The minimum atomic E-state index is 0.0000494. The Hall–Kier alpha value is -2.86. The first-order chi connectivity index (χ1) is 13.7. The van der Waals surface area contributed by atoms with Gasteiger partial charge in [-0.15, -0.1) is 0 Å². The Morgan fingerprint density at radius 3 is 2.57 bits per heavy atom. The van der Waals surface area contributed by atoms with E-state index in [9.17, 15) is 4.79 Å². The van der Waals surface area contributed by atoms with E-state index in [1.165, 1.54) is 0 Å². The number of hydrogen-bond donors (Lipinski definition) is 1. The maximum Gasteiger partial charge on any atom is 0.255 e. The second kappa shape index (κ2) is 8.44. The lowest BCUT2D eigenvalue weighted by molar-refractivity contribution is 0.0791. The molecule has 1 fully saturated rings. The summed E-state index contributed by atoms with van der Waals surface area (Å²) in [6.45, 7) is 1.42. The average molecular weight is 438 g/mol. The summed E-state index contributed by atoms with van der Waals surface area (Å²) < 4.78 is 6.70. The molecule has 6 heteroatoms. The van der Waals surface area contributed by atoms with Crippen molar-refractivity contribution in [3.63, 3.8) is 0 Å². The normalized spacial score (nSPS) is 16.0. The fourth-order valence-electron chi connectivity index (χ4n) is 3.21. The largest absolute Gasteiger partial charge is 0.439 e. The number of ether oxygens (including phenoxy) is 1. The summed E-state index contributed by atoms with van der Waals surface area (Å²) >= 11 is 3.39. The highest BCUT2D eigenvalue weighted by atomic mass is 79.9. The third kappa shape index (κ3) is 4.51. The predicted molar refractivity (Wildman–Crippen MR) is 113 cm³/mol. The molecule has 4 rings (SSSR count). The van der Waals surface area contributed by atoms with Crippen LogP contribution in [0.15, 0.2) is 77.4 Å². The summed E-state index contributed by atoms with van der Waals surface area (Å²) in [5.74, 6) is 1.16. The van der Waals surface area contributed by atoms with Crippen LogP contribution in [0.3, 0.4) is 0 Å². The van der Waals surface area contributed by atoms with Gasteiger partial charge in [-0.25, -0.2) is 4.98 Å². The molecular weight excluding hydrogens is 418 g/mol. The smallest absolute Gasteiger partial charge is 0.255 e. The topological polar surface area (TPSA) is 54.5 Å². The van der Waals surface area contributed by atoms with Crippen LogP contribution in [0.4, 0.5) is 5.69 Å². The van der Waals surface area contributed by atoms with Gasteiger partial charge in [0.2, 0.25) is 5.88 Å². The zero-order valence-corrected chi connectivity index (χ0v) is 16.8. The van der Waals surface area contributed by atoms with Gasteiger partial charge in [0.05, 0.1) is 5.56 Å². The maximum atomic E-state index is 12.8. The van der Waals surface area contributed by atoms with Gasteiger partial charge in [-0.1, -0.05) is 34.1 Å². The molecule has 1 aliphatic rings. The molecule has 0 spiro atoms. The minimum Gasteiger partial charge on any atom is -0.439 e. The van der Waals surface area contributed by atoms with Crippen molar-refractivity contribution in [2.75, 3.05) is 18.4 Å². The van der Waals surface area contributed by atoms with Crippen molar-refractivity contribution in [1.29, 1.82) is 0 Å². The van der Waals surface area contributed by atoms with Gasteiger partial charge >= 0.3 is 0 Å². The molecular formula is C22H20BrN3O2. The van der Waals surface area contributed by atoms with Crippen LogP contribution in [0.25, 0.3) is 0 Å². The van der Waals surface area contributed by atoms with Crippen molar-refractivity contribution < 1.29 is 9.53 Å². The molecule has 3 aromatic rings. The van der Waals surface area contributed by atoms with Crippen molar-refractivity contribution in [1.82, 2.24) is 9.88 Å². The molecule has 1 saturated heterocycles. The number of anilines is 1. The Labute approximate surface area is 172 Å². The van der Waals surface area contributed by atoms with E-state index in [1.54, 1.807) is 18.3 Å². The summed E-state index contributed by atoms with van der Waals surface area (Å²) in [5.41, 5.74) is 1.65. The van der Waals surface area contributed by atoms with E-state index >= 15 is 0 Å². The number of rotatable bonds is 5. The zero-order valence-electron chi connectivity index (χ0n) is 15.2. The van der Waals surface area contributed by atoms with Gasteiger partial charge < -0.3 is 15.0 Å². The van der Waals surface area contributed by atoms with Crippen LogP contribution in [-0.4, -0.2) is 34.9 Å². The molecule has 0 bridgehead atoms. The first-order valence-corrected chi connectivity index (χ1v) is 9.97. The monoisotopic (exact) mass is 437 g/mol. The number of pyridine rings is 1. The summed E-state index contributed by atoms with van der Waals surface area (Å²) in [7, 11) is 0. The number of aromatic nitrogens is 1. The minimum absolute atomic E-state index is 0.0000494. The summed E-state index contributed by atoms with van der Waals surface area (Å²) in [4.78, 5) is 18.9. The van der Waals surface area contributed by atoms with Crippen LogP contribution in [0, 0.1) is 0 Å². The molecule has 1 N–H and O–H groups in total. The lowest BCUT2D eigenvalue weighted by atomic mass is 10.2. The molecule has 0 radical (unpaired) electrons. The zero-order chi connectivity index (χ0) is 19.3. The Bertz CT molecular complexity index is 930. The molecule has 0 aliphatic carbocycles. The quantitative estimate of drug-likeness (QED) is 0.612. The number of benzene rings is 2. The molecule has 1 atom stereocenters. The fourth-order valence-corrected chi connectivity index (χ4v) is 3.47. The van der Waals surface area contributed by atoms with E-state index in [0.717, 1.165) is 23.1 Å². The highest BCUT2D eigenvalue weighted by Crippen LogP contribution is 2.23. The van der Waals surface area contributed by atoms with E-state index in [1.807, 2.05) is 59.5 Å². The molecule has 2 aromatic carbocycles. The van der Waals surface area contributed by atoms with E-state index < -0.39 is 0 Å². The van der Waals surface area contributed by atoms with Crippen molar-refractivity contribution in [2.24, 2.45) is 0 Å². The molecule has 1 amide bonds. The van der Waals surface area contributed by atoms with Crippen LogP contribution < -0.4 is 10.1 Å². The Morgan fingerprint density at radius 2 is 1.86 bits per heavy atom. The van der Waals surface area contributed by atoms with E-state index in [4.69, 9.17) is 4.74 Å². The number of likely N-dealkylation sites (tertiary alicyclic amines) is 1. The SMILES string of the molecule is O=C(c1ccc(Oc2ccc(Br)cc2)nc1)N1CCC(Nc2ccccc2)C1. The van der Waals surface area contributed by atoms with E-state index in [2.05, 4.69) is 26.2 Å². The Kier molecular flexibility index (Phi) is 5.58. The third-order valence-corrected chi connectivity index (χ3v) is 5.17. The lowest BCUT2D eigenvalue weighted by Gasteiger charge is -2.18. The summed E-state index contributed by atoms with van der Waals surface area (Å²) in [5, 5.41) is 3.48. The maximum absolute atomic E-state index is 12.8. The molecule has 1 unspecified atom stereocenters. The molecule has 28 heavy (non-hydrogen) atoms. The van der Waals surface area contributed by atoms with Crippen LogP contribution >= 0.6 is 15.9 Å². The molecule has 1 aliphatic heterocycles. The highest BCUT2D eigenvalue weighted by molar-refractivity contribution is 9.10. The van der Waals surface area contributed by atoms with Crippen molar-refractivity contribution in [2.45, 2.75) is 12.5 Å². The second-order valence-corrected chi connectivity index (χ2v) is 7.60. The van der Waals surface area contributed by atoms with Crippen molar-refractivity contribution in [3.8, 4) is 11.6 Å². The van der Waals surface area contributed by atoms with Gasteiger partial charge in [0, 0.05) is 41.6 Å². The highest BCUT2D eigenvalue weighted by Gasteiger charge is 2.27. The number of hydrogen-bond acceptors (Lipinski definition) is 4. The van der Waals surface area contributed by atoms with Crippen LogP contribution in [-0.2, 0) is 0 Å². The van der Waals surface area contributed by atoms with Crippen molar-refractivity contribution in [3.05, 3.63) is 83.0 Å². The Morgan fingerprint density at radius 1 is 1.07 bits per heavy atom. The van der Waals surface area contributed by atoms with Crippen LogP contribution in [0.1, 0.15) is 16.8 Å². The number of nitrogens with one attached hydrogen (secondary N) is 1. The molecule has 0 saturated carbocycles. The van der Waals surface area contributed by atoms with Gasteiger partial charge in [-0.05, 0) is 48.9 Å². The molecule has 1 aromatic heterocycles. The summed E-state index contributed by atoms with van der Waals surface area (Å²) in [6, 6.07) is 21.4. The van der Waals surface area contributed by atoms with Gasteiger partial charge in [0.15, 0.2) is 0 Å². The number of para-hydroxylation sites is 1. The van der Waals surface area contributed by atoms with Gasteiger partial charge in [0.1, 0.15) is 5.75 Å². The Balaban J connectivity index is 1.35. The second-order valence-electron chi connectivity index (χ2n) is 6.69. The van der Waals surface area contributed by atoms with E-state index in [-0.39, 0.29) is 11.9 Å². The summed E-state index contributed by atoms with van der Waals surface area (Å²) in [6.07, 6.45) is 2.51. The third-order valence-electron chi connectivity index (χ3n) is 4.64. The number of nitrogens with zero attached hydrogens (tertiary/aromatic N) is 2.